The Morgan fingerprint density at radius 1 is 0.962 bits per heavy atom. The molecule has 2 unspecified atom stereocenters. The van der Waals surface area contributed by atoms with Crippen LogP contribution in [0.4, 0.5) is 0 Å². The second-order valence-corrected chi connectivity index (χ2v) is 8.40. The lowest BCUT2D eigenvalue weighted by atomic mass is 9.85. The second-order valence-electron chi connectivity index (χ2n) is 8.40. The van der Waals surface area contributed by atoms with Gasteiger partial charge in [-0.2, -0.15) is 0 Å². The van der Waals surface area contributed by atoms with Gasteiger partial charge < -0.3 is 15.1 Å². The maximum absolute atomic E-state index is 12.6. The molecule has 0 bridgehead atoms. The van der Waals surface area contributed by atoms with Gasteiger partial charge in [0.05, 0.1) is 0 Å². The van der Waals surface area contributed by atoms with Crippen molar-refractivity contribution in [1.29, 1.82) is 0 Å². The zero-order valence-electron chi connectivity index (χ0n) is 16.3. The molecular weight excluding hydrogens is 350 g/mol. The number of piperidine rings is 2. The standard InChI is InChI=1S/C20H35N3O2.ClH/c1-16(18-5-4-8-21-15-18)13-19(24)23-11-6-17(7-12-23)14-20(25)22-9-2-3-10-22;/h16-18,21H,2-15H2,1H3;1H. The van der Waals surface area contributed by atoms with Gasteiger partial charge in [-0.1, -0.05) is 6.92 Å². The number of likely N-dealkylation sites (tertiary alicyclic amines) is 2. The van der Waals surface area contributed by atoms with Crippen LogP contribution in [0.25, 0.3) is 0 Å². The Morgan fingerprint density at radius 3 is 2.23 bits per heavy atom. The third-order valence-electron chi connectivity index (χ3n) is 6.53. The van der Waals surface area contributed by atoms with Crippen molar-refractivity contribution in [3.8, 4) is 0 Å². The highest BCUT2D eigenvalue weighted by atomic mass is 35.5. The van der Waals surface area contributed by atoms with E-state index in [-0.39, 0.29) is 12.4 Å². The van der Waals surface area contributed by atoms with Gasteiger partial charge in [0.25, 0.3) is 0 Å². The number of hydrogen-bond acceptors (Lipinski definition) is 3. The number of hydrogen-bond donors (Lipinski definition) is 1. The number of carbonyl (C=O) groups excluding carboxylic acids is 2. The molecule has 0 aromatic carbocycles. The first-order valence-electron chi connectivity index (χ1n) is 10.4. The van der Waals surface area contributed by atoms with Crippen molar-refractivity contribution in [3.63, 3.8) is 0 Å². The van der Waals surface area contributed by atoms with Crippen molar-refractivity contribution in [2.45, 2.75) is 58.3 Å². The van der Waals surface area contributed by atoms with Crippen LogP contribution in [0.15, 0.2) is 0 Å². The summed E-state index contributed by atoms with van der Waals surface area (Å²) in [6, 6.07) is 0. The number of carbonyl (C=O) groups is 2. The van der Waals surface area contributed by atoms with Crippen molar-refractivity contribution in [1.82, 2.24) is 15.1 Å². The molecule has 3 aliphatic rings. The van der Waals surface area contributed by atoms with E-state index in [2.05, 4.69) is 12.2 Å². The van der Waals surface area contributed by atoms with Gasteiger partial charge in [-0.05, 0) is 69.4 Å². The van der Waals surface area contributed by atoms with Crippen molar-refractivity contribution in [2.24, 2.45) is 17.8 Å². The van der Waals surface area contributed by atoms with Crippen molar-refractivity contribution in [2.75, 3.05) is 39.3 Å². The molecule has 0 aromatic rings. The minimum atomic E-state index is 0. The maximum Gasteiger partial charge on any atom is 0.222 e. The molecular formula is C20H36ClN3O2. The molecule has 0 spiro atoms. The number of nitrogens with zero attached hydrogens (tertiary/aromatic N) is 2. The first kappa shape index (κ1) is 21.5. The van der Waals surface area contributed by atoms with Gasteiger partial charge >= 0.3 is 0 Å². The number of nitrogens with one attached hydrogen (secondary N) is 1. The quantitative estimate of drug-likeness (QED) is 0.791. The topological polar surface area (TPSA) is 52.7 Å². The molecule has 2 atom stereocenters. The molecule has 3 rings (SSSR count). The van der Waals surface area contributed by atoms with Crippen LogP contribution in [-0.2, 0) is 9.59 Å². The van der Waals surface area contributed by atoms with Crippen molar-refractivity contribution >= 4 is 24.2 Å². The normalized spacial score (nSPS) is 25.7. The van der Waals surface area contributed by atoms with E-state index in [0.29, 0.717) is 42.4 Å². The van der Waals surface area contributed by atoms with Crippen molar-refractivity contribution in [3.05, 3.63) is 0 Å². The summed E-state index contributed by atoms with van der Waals surface area (Å²) < 4.78 is 0. The molecule has 2 amide bonds. The van der Waals surface area contributed by atoms with E-state index in [9.17, 15) is 9.59 Å². The summed E-state index contributed by atoms with van der Waals surface area (Å²) in [6.45, 7) is 8.00. The summed E-state index contributed by atoms with van der Waals surface area (Å²) in [7, 11) is 0. The monoisotopic (exact) mass is 385 g/mol. The van der Waals surface area contributed by atoms with E-state index >= 15 is 0 Å². The van der Waals surface area contributed by atoms with Gasteiger partial charge in [-0.3, -0.25) is 9.59 Å². The molecule has 6 heteroatoms. The molecule has 150 valence electrons. The van der Waals surface area contributed by atoms with E-state index < -0.39 is 0 Å². The molecule has 0 saturated carbocycles. The Hall–Kier alpha value is -0.810. The first-order valence-corrected chi connectivity index (χ1v) is 10.4. The Balaban J connectivity index is 0.00000243. The maximum atomic E-state index is 12.6. The van der Waals surface area contributed by atoms with Gasteiger partial charge in [-0.15, -0.1) is 12.4 Å². The van der Waals surface area contributed by atoms with Gasteiger partial charge in [0.1, 0.15) is 0 Å². The van der Waals surface area contributed by atoms with Crippen LogP contribution < -0.4 is 5.32 Å². The summed E-state index contributed by atoms with van der Waals surface area (Å²) in [5, 5.41) is 3.45. The zero-order chi connectivity index (χ0) is 17.6. The van der Waals surface area contributed by atoms with Gasteiger partial charge in [-0.25, -0.2) is 0 Å². The summed E-state index contributed by atoms with van der Waals surface area (Å²) in [5.41, 5.74) is 0. The zero-order valence-corrected chi connectivity index (χ0v) is 17.1. The Kier molecular flexibility index (Phi) is 8.68. The third kappa shape index (κ3) is 5.85. The first-order chi connectivity index (χ1) is 12.1. The smallest absolute Gasteiger partial charge is 0.222 e. The molecule has 0 aromatic heterocycles. The summed E-state index contributed by atoms with van der Waals surface area (Å²) in [4.78, 5) is 29.0. The summed E-state index contributed by atoms with van der Waals surface area (Å²) in [6.07, 6.45) is 8.16. The lowest BCUT2D eigenvalue weighted by Gasteiger charge is -2.34. The van der Waals surface area contributed by atoms with Crippen LogP contribution in [0.5, 0.6) is 0 Å². The highest BCUT2D eigenvalue weighted by molar-refractivity contribution is 5.85. The van der Waals surface area contributed by atoms with Crippen LogP contribution in [-0.4, -0.2) is 60.9 Å². The summed E-state index contributed by atoms with van der Waals surface area (Å²) >= 11 is 0. The predicted octanol–water partition coefficient (Wildman–Crippen LogP) is 2.69. The van der Waals surface area contributed by atoms with Crippen molar-refractivity contribution < 1.29 is 9.59 Å². The lowest BCUT2D eigenvalue weighted by Crippen LogP contribution is -2.41. The molecule has 3 saturated heterocycles. The lowest BCUT2D eigenvalue weighted by molar-refractivity contribution is -0.134. The molecule has 0 aliphatic carbocycles. The average Bonchev–Trinajstić information content (AvgIpc) is 3.18. The van der Waals surface area contributed by atoms with Crippen LogP contribution in [0.2, 0.25) is 0 Å². The highest BCUT2D eigenvalue weighted by Gasteiger charge is 2.29. The van der Waals surface area contributed by atoms with Crippen LogP contribution in [0.3, 0.4) is 0 Å². The fourth-order valence-corrected chi connectivity index (χ4v) is 4.66. The third-order valence-corrected chi connectivity index (χ3v) is 6.53. The van der Waals surface area contributed by atoms with E-state index in [0.717, 1.165) is 65.0 Å². The minimum Gasteiger partial charge on any atom is -0.343 e. The minimum absolute atomic E-state index is 0. The summed E-state index contributed by atoms with van der Waals surface area (Å²) in [5.74, 6) is 2.24. The highest BCUT2D eigenvalue weighted by Crippen LogP contribution is 2.26. The fourth-order valence-electron chi connectivity index (χ4n) is 4.66. The second kappa shape index (κ2) is 10.5. The van der Waals surface area contributed by atoms with Crippen LogP contribution >= 0.6 is 12.4 Å². The van der Waals surface area contributed by atoms with E-state index in [4.69, 9.17) is 0 Å². The molecule has 5 nitrogen and oxygen atoms in total. The Morgan fingerprint density at radius 2 is 1.62 bits per heavy atom. The van der Waals surface area contributed by atoms with E-state index in [1.165, 1.54) is 12.8 Å². The number of rotatable bonds is 5. The molecule has 1 N–H and O–H groups in total. The average molecular weight is 386 g/mol. The van der Waals surface area contributed by atoms with Crippen LogP contribution in [0.1, 0.15) is 58.3 Å². The van der Waals surface area contributed by atoms with Gasteiger partial charge in [0, 0.05) is 39.0 Å². The number of amides is 2. The molecule has 3 aliphatic heterocycles. The fraction of sp³-hybridized carbons (Fsp3) is 0.900. The molecule has 26 heavy (non-hydrogen) atoms. The van der Waals surface area contributed by atoms with Crippen LogP contribution in [0, 0.1) is 17.8 Å². The predicted molar refractivity (Wildman–Crippen MR) is 106 cm³/mol. The molecule has 3 heterocycles. The van der Waals surface area contributed by atoms with E-state index in [1.807, 2.05) is 9.80 Å². The van der Waals surface area contributed by atoms with E-state index in [1.54, 1.807) is 0 Å². The Labute approximate surface area is 164 Å². The molecule has 3 fully saturated rings. The van der Waals surface area contributed by atoms with Gasteiger partial charge in [0.15, 0.2) is 0 Å². The largest absolute Gasteiger partial charge is 0.343 e. The molecule has 0 radical (unpaired) electrons. The SMILES string of the molecule is CC(CC(=O)N1CCC(CC(=O)N2CCCC2)CC1)C1CCCNC1.Cl. The Bertz CT molecular complexity index is 454. The van der Waals surface area contributed by atoms with Gasteiger partial charge in [0.2, 0.25) is 11.8 Å². The number of halogens is 1.